The van der Waals surface area contributed by atoms with Gasteiger partial charge in [-0.3, -0.25) is 14.4 Å². The summed E-state index contributed by atoms with van der Waals surface area (Å²) in [5, 5.41) is 9.24. The van der Waals surface area contributed by atoms with Crippen molar-refractivity contribution in [3.63, 3.8) is 0 Å². The summed E-state index contributed by atoms with van der Waals surface area (Å²) in [5.74, 6) is -1.71. The Kier molecular flexibility index (Phi) is 11.8. The maximum atomic E-state index is 14.6. The minimum Gasteiger partial charge on any atom is -0.396 e. The molecule has 1 aromatic rings. The molecule has 2 bridgehead atoms. The number of benzene rings is 1. The van der Waals surface area contributed by atoms with Gasteiger partial charge >= 0.3 is 0 Å². The lowest BCUT2D eigenvalue weighted by atomic mass is 9.64. The van der Waals surface area contributed by atoms with Crippen LogP contribution in [0.4, 0.5) is 0 Å². The number of carbonyl (C=O) groups is 3. The molecule has 44 heavy (non-hydrogen) atoms. The van der Waals surface area contributed by atoms with Gasteiger partial charge in [-0.05, 0) is 44.1 Å². The van der Waals surface area contributed by atoms with Gasteiger partial charge in [0, 0.05) is 39.3 Å². The summed E-state index contributed by atoms with van der Waals surface area (Å²) in [6, 6.07) is 9.09. The number of aliphatic hydroxyl groups excluding tert-OH is 1. The van der Waals surface area contributed by atoms with Crippen molar-refractivity contribution < 1.29 is 24.2 Å². The number of likely N-dealkylation sites (tertiary alicyclic amines) is 1. The Labute approximate surface area is 264 Å². The predicted octanol–water partition coefficient (Wildman–Crippen LogP) is 5.11. The van der Waals surface area contributed by atoms with Crippen molar-refractivity contribution in [3.05, 3.63) is 61.2 Å². The molecule has 0 saturated carbocycles. The molecule has 1 aromatic carbocycles. The third-order valence-electron chi connectivity index (χ3n) is 10.1. The van der Waals surface area contributed by atoms with Crippen molar-refractivity contribution in [2.75, 3.05) is 32.8 Å². The molecule has 8 nitrogen and oxygen atoms in total. The first-order chi connectivity index (χ1) is 21.3. The average Bonchev–Trinajstić information content (AvgIpc) is 3.64. The number of hydrogen-bond acceptors (Lipinski definition) is 5. The fourth-order valence-corrected chi connectivity index (χ4v) is 7.92. The van der Waals surface area contributed by atoms with Crippen LogP contribution in [0.25, 0.3) is 0 Å². The molecule has 1 spiro atoms. The number of amides is 3. The van der Waals surface area contributed by atoms with Crippen LogP contribution in [0.1, 0.15) is 83.6 Å². The Morgan fingerprint density at radius 3 is 2.34 bits per heavy atom. The van der Waals surface area contributed by atoms with Crippen molar-refractivity contribution >= 4 is 17.7 Å². The standard InChI is InChI=1S/C36H53N3O5/c1-5-9-15-24-37(22-6-2)34(43)31-36-21-20-35(8-4,44-36)29(30(36)33(42)39(31)25-16-10-11-17-26-40)32(41)38(23-7-3)27-28-18-13-12-14-19-28/h6-7,12-14,18-19,29-31,40H,2-3,5,8-11,15-17,20-27H2,1,4H3/t29-,30+,31?,35+,36?/m1/s1. The Morgan fingerprint density at radius 1 is 0.977 bits per heavy atom. The number of ether oxygens (including phenoxy) is 1. The van der Waals surface area contributed by atoms with Crippen LogP contribution in [-0.2, 0) is 25.7 Å². The summed E-state index contributed by atoms with van der Waals surface area (Å²) in [4.78, 5) is 49.1. The topological polar surface area (TPSA) is 90.4 Å². The van der Waals surface area contributed by atoms with Crippen molar-refractivity contribution in [2.45, 2.75) is 102 Å². The summed E-state index contributed by atoms with van der Waals surface area (Å²) < 4.78 is 7.02. The van der Waals surface area contributed by atoms with Crippen LogP contribution >= 0.6 is 0 Å². The van der Waals surface area contributed by atoms with Gasteiger partial charge in [-0.15, -0.1) is 13.2 Å². The molecule has 3 aliphatic rings. The molecule has 3 aliphatic heterocycles. The third-order valence-corrected chi connectivity index (χ3v) is 10.1. The van der Waals surface area contributed by atoms with Crippen molar-refractivity contribution in [1.82, 2.24) is 14.7 Å². The summed E-state index contributed by atoms with van der Waals surface area (Å²) in [6.45, 7) is 14.3. The molecular formula is C36H53N3O5. The van der Waals surface area contributed by atoms with Gasteiger partial charge in [-0.1, -0.05) is 82.0 Å². The highest BCUT2D eigenvalue weighted by Crippen LogP contribution is 2.64. The molecule has 0 aromatic heterocycles. The second kappa shape index (κ2) is 15.3. The van der Waals surface area contributed by atoms with E-state index in [1.54, 1.807) is 22.0 Å². The highest BCUT2D eigenvalue weighted by molar-refractivity contribution is 5.99. The molecule has 3 fully saturated rings. The van der Waals surface area contributed by atoms with Crippen LogP contribution < -0.4 is 0 Å². The zero-order valence-corrected chi connectivity index (χ0v) is 26.9. The zero-order valence-electron chi connectivity index (χ0n) is 26.9. The first kappa shape index (κ1) is 33.9. The number of nitrogens with zero attached hydrogens (tertiary/aromatic N) is 3. The van der Waals surface area contributed by atoms with E-state index in [-0.39, 0.29) is 24.3 Å². The minimum absolute atomic E-state index is 0.0977. The highest BCUT2D eigenvalue weighted by Gasteiger charge is 2.79. The first-order valence-electron chi connectivity index (χ1n) is 16.8. The van der Waals surface area contributed by atoms with Crippen LogP contribution in [0.5, 0.6) is 0 Å². The fourth-order valence-electron chi connectivity index (χ4n) is 7.92. The van der Waals surface area contributed by atoms with E-state index in [4.69, 9.17) is 4.74 Å². The lowest BCUT2D eigenvalue weighted by Crippen LogP contribution is -2.56. The minimum atomic E-state index is -1.04. The molecule has 1 N–H and O–H groups in total. The first-order valence-corrected chi connectivity index (χ1v) is 16.8. The number of rotatable bonds is 19. The van der Waals surface area contributed by atoms with Crippen LogP contribution in [0, 0.1) is 11.8 Å². The number of aliphatic hydroxyl groups is 1. The van der Waals surface area contributed by atoms with Gasteiger partial charge in [0.05, 0.1) is 17.4 Å². The zero-order chi connectivity index (χ0) is 31.7. The number of hydrogen-bond donors (Lipinski definition) is 1. The van der Waals surface area contributed by atoms with Gasteiger partial charge in [0.1, 0.15) is 11.6 Å². The molecule has 0 aliphatic carbocycles. The van der Waals surface area contributed by atoms with E-state index in [0.29, 0.717) is 58.4 Å². The molecule has 2 unspecified atom stereocenters. The van der Waals surface area contributed by atoms with E-state index < -0.39 is 29.1 Å². The van der Waals surface area contributed by atoms with Crippen LogP contribution in [0.3, 0.4) is 0 Å². The summed E-state index contributed by atoms with van der Waals surface area (Å²) in [7, 11) is 0. The lowest BCUT2D eigenvalue weighted by Gasteiger charge is -2.37. The van der Waals surface area contributed by atoms with Gasteiger partial charge in [-0.2, -0.15) is 0 Å². The molecule has 8 heteroatoms. The largest absolute Gasteiger partial charge is 0.396 e. The van der Waals surface area contributed by atoms with E-state index in [0.717, 1.165) is 44.1 Å². The summed E-state index contributed by atoms with van der Waals surface area (Å²) in [5.41, 5.74) is -0.814. The maximum absolute atomic E-state index is 14.6. The van der Waals surface area contributed by atoms with Gasteiger partial charge in [-0.25, -0.2) is 0 Å². The van der Waals surface area contributed by atoms with Gasteiger partial charge in [0.15, 0.2) is 0 Å². The third kappa shape index (κ3) is 6.52. The quantitative estimate of drug-likeness (QED) is 0.174. The normalized spacial score (nSPS) is 26.9. The van der Waals surface area contributed by atoms with E-state index >= 15 is 0 Å². The molecule has 3 heterocycles. The highest BCUT2D eigenvalue weighted by atomic mass is 16.5. The van der Waals surface area contributed by atoms with E-state index in [2.05, 4.69) is 20.1 Å². The number of carbonyl (C=O) groups excluding carboxylic acids is 3. The predicted molar refractivity (Wildman–Crippen MR) is 172 cm³/mol. The molecule has 242 valence electrons. The Balaban J connectivity index is 1.71. The smallest absolute Gasteiger partial charge is 0.248 e. The molecule has 4 rings (SSSR count). The Bertz CT molecular complexity index is 1160. The average molecular weight is 608 g/mol. The van der Waals surface area contributed by atoms with Crippen molar-refractivity contribution in [3.8, 4) is 0 Å². The summed E-state index contributed by atoms with van der Waals surface area (Å²) in [6.07, 6.45) is 11.4. The summed E-state index contributed by atoms with van der Waals surface area (Å²) >= 11 is 0. The van der Waals surface area contributed by atoms with Crippen LogP contribution in [-0.4, -0.2) is 87.6 Å². The van der Waals surface area contributed by atoms with Crippen LogP contribution in [0.15, 0.2) is 55.6 Å². The monoisotopic (exact) mass is 607 g/mol. The maximum Gasteiger partial charge on any atom is 0.248 e. The van der Waals surface area contributed by atoms with Crippen LogP contribution in [0.2, 0.25) is 0 Å². The molecule has 3 amide bonds. The molecule has 3 saturated heterocycles. The second-order valence-corrected chi connectivity index (χ2v) is 12.8. The fraction of sp³-hybridized carbons (Fsp3) is 0.639. The van der Waals surface area contributed by atoms with Crippen molar-refractivity contribution in [2.24, 2.45) is 11.8 Å². The van der Waals surface area contributed by atoms with Crippen molar-refractivity contribution in [1.29, 1.82) is 0 Å². The molecular weight excluding hydrogens is 554 g/mol. The molecule has 5 atom stereocenters. The van der Waals surface area contributed by atoms with Gasteiger partial charge < -0.3 is 24.5 Å². The van der Waals surface area contributed by atoms with Gasteiger partial charge in [0.2, 0.25) is 17.7 Å². The molecule has 0 radical (unpaired) electrons. The second-order valence-electron chi connectivity index (χ2n) is 12.8. The van der Waals surface area contributed by atoms with E-state index in [9.17, 15) is 19.5 Å². The number of fused-ring (bicyclic) bond motifs is 1. The Morgan fingerprint density at radius 2 is 1.68 bits per heavy atom. The SMILES string of the molecule is C=CCN(CCCCC)C(=O)C1N(CCCCCCO)C(=O)[C@@H]2[C@H](C(=O)N(CC=C)Cc3ccccc3)[C@]3(CC)CCC12O3. The van der Waals surface area contributed by atoms with E-state index in [1.807, 2.05) is 42.2 Å². The van der Waals surface area contributed by atoms with Gasteiger partial charge in [0.25, 0.3) is 0 Å². The van der Waals surface area contributed by atoms with E-state index in [1.165, 1.54) is 0 Å². The lowest BCUT2D eigenvalue weighted by molar-refractivity contribution is -0.155. The number of unbranched alkanes of at least 4 members (excludes halogenated alkanes) is 5. The Hall–Kier alpha value is -2.97.